The first-order chi connectivity index (χ1) is 14.8. The number of hydrogen-bond donors (Lipinski definition) is 2. The van der Waals surface area contributed by atoms with E-state index in [0.29, 0.717) is 52.2 Å². The van der Waals surface area contributed by atoms with E-state index in [9.17, 15) is 18.4 Å². The molecule has 2 N–H and O–H groups in total. The Morgan fingerprint density at radius 3 is 2.48 bits per heavy atom. The Hall–Kier alpha value is -2.74. The minimum absolute atomic E-state index is 0.118. The number of carbonyl (C=O) groups excluding carboxylic acids is 1. The maximum absolute atomic E-state index is 14.4. The van der Waals surface area contributed by atoms with Crippen LogP contribution in [0.5, 0.6) is 0 Å². The Labute approximate surface area is 186 Å². The maximum atomic E-state index is 14.4. The van der Waals surface area contributed by atoms with Crippen LogP contribution < -0.4 is 5.32 Å². The zero-order valence-corrected chi connectivity index (χ0v) is 18.2. The molecule has 1 aromatic heterocycles. The van der Waals surface area contributed by atoms with Crippen molar-refractivity contribution in [1.82, 2.24) is 9.88 Å². The third-order valence-electron chi connectivity index (χ3n) is 5.87. The molecule has 162 valence electrons. The van der Waals surface area contributed by atoms with Gasteiger partial charge < -0.3 is 15.0 Å². The van der Waals surface area contributed by atoms with E-state index >= 15 is 0 Å². The first kappa shape index (κ1) is 21.5. The van der Waals surface area contributed by atoms with Gasteiger partial charge in [-0.2, -0.15) is 0 Å². The van der Waals surface area contributed by atoms with Crippen molar-refractivity contribution < 1.29 is 23.5 Å². The second kappa shape index (κ2) is 8.78. The molecule has 4 rings (SSSR count). The molecule has 0 radical (unpaired) electrons. The van der Waals surface area contributed by atoms with Crippen LogP contribution in [0.25, 0.3) is 10.9 Å². The number of carbonyl (C=O) groups is 2. The second-order valence-electron chi connectivity index (χ2n) is 7.91. The van der Waals surface area contributed by atoms with Gasteiger partial charge in [0.1, 0.15) is 11.6 Å². The van der Waals surface area contributed by atoms with E-state index < -0.39 is 17.6 Å². The van der Waals surface area contributed by atoms with Crippen LogP contribution in [0.3, 0.4) is 0 Å². The van der Waals surface area contributed by atoms with Gasteiger partial charge in [0.25, 0.3) is 5.91 Å². The molecule has 0 aliphatic heterocycles. The molecule has 1 heterocycles. The summed E-state index contributed by atoms with van der Waals surface area (Å²) in [5, 5.41) is 12.4. The number of rotatable bonds is 5. The third kappa shape index (κ3) is 4.49. The maximum Gasteiger partial charge on any atom is 0.306 e. The minimum Gasteiger partial charge on any atom is -0.481 e. The molecule has 8 heteroatoms. The number of nitrogens with zero attached hydrogens (tertiary/aromatic N) is 1. The highest BCUT2D eigenvalue weighted by molar-refractivity contribution is 9.10. The fraction of sp³-hybridized carbons (Fsp3) is 0.304. The molecule has 1 saturated carbocycles. The molecular formula is C23H21BrF2N2O3. The molecule has 1 amide bonds. The monoisotopic (exact) mass is 490 g/mol. The average Bonchev–Trinajstić information content (AvgIpc) is 3.16. The summed E-state index contributed by atoms with van der Waals surface area (Å²) < 4.78 is 30.4. The van der Waals surface area contributed by atoms with E-state index in [-0.39, 0.29) is 24.4 Å². The highest BCUT2D eigenvalue weighted by Crippen LogP contribution is 2.28. The SMILES string of the molecule is O=C(NC1CCC(C(=O)O)CC1)c1ccc(F)c2ccn(Cc3ccc(Br)c(F)c3)c12. The van der Waals surface area contributed by atoms with Gasteiger partial charge in [-0.25, -0.2) is 8.78 Å². The van der Waals surface area contributed by atoms with E-state index in [1.54, 1.807) is 29.0 Å². The minimum atomic E-state index is -0.799. The summed E-state index contributed by atoms with van der Waals surface area (Å²) in [4.78, 5) is 24.2. The predicted octanol–water partition coefficient (Wildman–Crippen LogP) is 5.10. The second-order valence-corrected chi connectivity index (χ2v) is 8.76. The number of carboxylic acid groups (broad SMARTS) is 1. The van der Waals surface area contributed by atoms with Gasteiger partial charge in [0.15, 0.2) is 0 Å². The summed E-state index contributed by atoms with van der Waals surface area (Å²) in [6, 6.07) is 8.98. The van der Waals surface area contributed by atoms with Crippen molar-refractivity contribution in [1.29, 1.82) is 0 Å². The Morgan fingerprint density at radius 1 is 1.06 bits per heavy atom. The van der Waals surface area contributed by atoms with Crippen LogP contribution in [0.2, 0.25) is 0 Å². The molecule has 1 aliphatic rings. The summed E-state index contributed by atoms with van der Waals surface area (Å²) in [6.07, 6.45) is 3.90. The summed E-state index contributed by atoms with van der Waals surface area (Å²) in [7, 11) is 0. The van der Waals surface area contributed by atoms with Crippen molar-refractivity contribution in [2.24, 2.45) is 5.92 Å². The molecule has 0 atom stereocenters. The number of aromatic nitrogens is 1. The van der Waals surface area contributed by atoms with Gasteiger partial charge in [-0.3, -0.25) is 9.59 Å². The number of benzene rings is 2. The van der Waals surface area contributed by atoms with Crippen LogP contribution in [-0.2, 0) is 11.3 Å². The normalized spacial score (nSPS) is 18.8. The van der Waals surface area contributed by atoms with Crippen molar-refractivity contribution in [3.05, 3.63) is 69.8 Å². The molecular weight excluding hydrogens is 470 g/mol. The summed E-state index contributed by atoms with van der Waals surface area (Å²) in [6.45, 7) is 0.279. The van der Waals surface area contributed by atoms with E-state index in [0.717, 1.165) is 0 Å². The number of fused-ring (bicyclic) bond motifs is 1. The van der Waals surface area contributed by atoms with Gasteiger partial charge in [-0.1, -0.05) is 6.07 Å². The smallest absolute Gasteiger partial charge is 0.306 e. The van der Waals surface area contributed by atoms with Gasteiger partial charge >= 0.3 is 5.97 Å². The molecule has 0 saturated heterocycles. The topological polar surface area (TPSA) is 71.3 Å². The average molecular weight is 491 g/mol. The molecule has 1 fully saturated rings. The summed E-state index contributed by atoms with van der Waals surface area (Å²) in [5.41, 5.74) is 1.46. The first-order valence-electron chi connectivity index (χ1n) is 10.1. The summed E-state index contributed by atoms with van der Waals surface area (Å²) in [5.74, 6) is -2.32. The lowest BCUT2D eigenvalue weighted by Gasteiger charge is -2.27. The van der Waals surface area contributed by atoms with Gasteiger partial charge in [0, 0.05) is 24.2 Å². The van der Waals surface area contributed by atoms with Crippen LogP contribution >= 0.6 is 15.9 Å². The fourth-order valence-electron chi connectivity index (χ4n) is 4.19. The molecule has 3 aromatic rings. The number of amides is 1. The van der Waals surface area contributed by atoms with Crippen LogP contribution in [0.15, 0.2) is 47.1 Å². The Bertz CT molecular complexity index is 1150. The first-order valence-corrected chi connectivity index (χ1v) is 10.9. The largest absolute Gasteiger partial charge is 0.481 e. The van der Waals surface area contributed by atoms with Crippen molar-refractivity contribution in [3.8, 4) is 0 Å². The third-order valence-corrected chi connectivity index (χ3v) is 6.51. The van der Waals surface area contributed by atoms with Crippen molar-refractivity contribution in [3.63, 3.8) is 0 Å². The number of nitrogens with one attached hydrogen (secondary N) is 1. The van der Waals surface area contributed by atoms with Crippen molar-refractivity contribution in [2.45, 2.75) is 38.3 Å². The summed E-state index contributed by atoms with van der Waals surface area (Å²) >= 11 is 3.13. The van der Waals surface area contributed by atoms with E-state index in [4.69, 9.17) is 5.11 Å². The van der Waals surface area contributed by atoms with Crippen LogP contribution in [0.4, 0.5) is 8.78 Å². The Kier molecular flexibility index (Phi) is 6.09. The number of aliphatic carboxylic acids is 1. The molecule has 31 heavy (non-hydrogen) atoms. The number of hydrogen-bond acceptors (Lipinski definition) is 2. The predicted molar refractivity (Wildman–Crippen MR) is 116 cm³/mol. The molecule has 5 nitrogen and oxygen atoms in total. The lowest BCUT2D eigenvalue weighted by Crippen LogP contribution is -2.38. The van der Waals surface area contributed by atoms with Crippen LogP contribution in [0, 0.1) is 17.6 Å². The van der Waals surface area contributed by atoms with Gasteiger partial charge in [-0.15, -0.1) is 0 Å². The van der Waals surface area contributed by atoms with Crippen LogP contribution in [-0.4, -0.2) is 27.6 Å². The highest BCUT2D eigenvalue weighted by atomic mass is 79.9. The highest BCUT2D eigenvalue weighted by Gasteiger charge is 2.27. The van der Waals surface area contributed by atoms with Gasteiger partial charge in [-0.05, 0) is 77.5 Å². The van der Waals surface area contributed by atoms with Crippen molar-refractivity contribution >= 4 is 38.7 Å². The number of halogens is 3. The van der Waals surface area contributed by atoms with Crippen LogP contribution in [0.1, 0.15) is 41.6 Å². The zero-order chi connectivity index (χ0) is 22.1. The van der Waals surface area contributed by atoms with E-state index in [2.05, 4.69) is 21.2 Å². The molecule has 0 bridgehead atoms. The lowest BCUT2D eigenvalue weighted by molar-refractivity contribution is -0.142. The molecule has 1 aliphatic carbocycles. The molecule has 2 aromatic carbocycles. The zero-order valence-electron chi connectivity index (χ0n) is 16.6. The number of carboxylic acids is 1. The molecule has 0 unspecified atom stereocenters. The van der Waals surface area contributed by atoms with Gasteiger partial charge in [0.2, 0.25) is 0 Å². The van der Waals surface area contributed by atoms with E-state index in [1.807, 2.05) is 0 Å². The lowest BCUT2D eigenvalue weighted by atomic mass is 9.86. The van der Waals surface area contributed by atoms with Crippen molar-refractivity contribution in [2.75, 3.05) is 0 Å². The fourth-order valence-corrected chi connectivity index (χ4v) is 4.43. The molecule has 0 spiro atoms. The van der Waals surface area contributed by atoms with Gasteiger partial charge in [0.05, 0.1) is 21.5 Å². The standard InChI is InChI=1S/C23H21BrF2N2O3/c24-18-7-1-13(11-20(18)26)12-28-10-9-16-19(25)8-6-17(21(16)28)22(29)27-15-4-2-14(3-5-15)23(30)31/h1,6-11,14-15H,2-5,12H2,(H,27,29)(H,30,31). The quantitative estimate of drug-likeness (QED) is 0.522. The Balaban J connectivity index is 1.59. The Morgan fingerprint density at radius 2 is 1.81 bits per heavy atom. The van der Waals surface area contributed by atoms with E-state index in [1.165, 1.54) is 18.2 Å².